The van der Waals surface area contributed by atoms with Gasteiger partial charge in [-0.2, -0.15) is 0 Å². The summed E-state index contributed by atoms with van der Waals surface area (Å²) in [4.78, 5) is 8.56. The normalized spacial score (nSPS) is 28.8. The molecule has 1 aromatic rings. The Hall–Kier alpha value is -0.450. The maximum absolute atomic E-state index is 4.49. The summed E-state index contributed by atoms with van der Waals surface area (Å²) in [6.45, 7) is 7.84. The molecule has 0 amide bonds. The molecule has 0 spiro atoms. The molecule has 2 aliphatic rings. The van der Waals surface area contributed by atoms with E-state index < -0.39 is 0 Å². The Balaban J connectivity index is 1.59. The molecule has 17 heavy (non-hydrogen) atoms. The third kappa shape index (κ3) is 2.26. The molecule has 0 radical (unpaired) electrons. The number of hydrogen-bond donors (Lipinski definition) is 1. The fourth-order valence-electron chi connectivity index (χ4n) is 3.28. The largest absolute Gasteiger partial charge is 0.307 e. The lowest BCUT2D eigenvalue weighted by Crippen LogP contribution is -2.38. The second kappa shape index (κ2) is 4.67. The predicted molar refractivity (Wildman–Crippen MR) is 71.4 cm³/mol. The van der Waals surface area contributed by atoms with Crippen LogP contribution in [-0.4, -0.2) is 35.1 Å². The van der Waals surface area contributed by atoms with Gasteiger partial charge in [-0.3, -0.25) is 4.90 Å². The lowest BCUT2D eigenvalue weighted by atomic mass is 10.1. The molecule has 0 aromatic carbocycles. The molecule has 94 valence electrons. The van der Waals surface area contributed by atoms with Gasteiger partial charge in [0.2, 0.25) is 0 Å². The Bertz CT molecular complexity index is 401. The Kier molecular flexibility index (Phi) is 3.19. The summed E-state index contributed by atoms with van der Waals surface area (Å²) in [6.07, 6.45) is 4.10. The molecular formula is C13H21N3S. The topological polar surface area (TPSA) is 28.2 Å². The molecule has 3 nitrogen and oxygen atoms in total. The van der Waals surface area contributed by atoms with Crippen molar-refractivity contribution >= 4 is 11.3 Å². The molecule has 0 saturated carbocycles. The number of nitrogens with zero attached hydrogens (tertiary/aromatic N) is 2. The average Bonchev–Trinajstić information content (AvgIpc) is 2.92. The number of aromatic nitrogens is 1. The number of nitrogens with one attached hydrogen (secondary N) is 1. The monoisotopic (exact) mass is 251 g/mol. The van der Waals surface area contributed by atoms with Crippen LogP contribution in [-0.2, 0) is 6.54 Å². The minimum Gasteiger partial charge on any atom is -0.307 e. The third-order valence-electron chi connectivity index (χ3n) is 4.13. The van der Waals surface area contributed by atoms with Gasteiger partial charge in [-0.25, -0.2) is 4.98 Å². The van der Waals surface area contributed by atoms with Crippen LogP contribution in [0.2, 0.25) is 0 Å². The highest BCUT2D eigenvalue weighted by molar-refractivity contribution is 7.11. The Morgan fingerprint density at radius 3 is 3.00 bits per heavy atom. The van der Waals surface area contributed by atoms with Crippen molar-refractivity contribution in [2.45, 2.75) is 51.7 Å². The van der Waals surface area contributed by atoms with E-state index in [9.17, 15) is 0 Å². The first-order chi connectivity index (χ1) is 8.24. The number of aryl methyl sites for hydroxylation is 2. The van der Waals surface area contributed by atoms with Crippen LogP contribution < -0.4 is 5.32 Å². The van der Waals surface area contributed by atoms with E-state index in [1.165, 1.54) is 47.9 Å². The van der Waals surface area contributed by atoms with E-state index in [1.54, 1.807) is 0 Å². The quantitative estimate of drug-likeness (QED) is 0.891. The van der Waals surface area contributed by atoms with E-state index in [4.69, 9.17) is 0 Å². The molecule has 1 N–H and O–H groups in total. The zero-order valence-corrected chi connectivity index (χ0v) is 11.5. The van der Waals surface area contributed by atoms with Crippen molar-refractivity contribution in [2.75, 3.05) is 13.1 Å². The summed E-state index contributed by atoms with van der Waals surface area (Å²) >= 11 is 1.84. The molecule has 3 heterocycles. The molecule has 0 bridgehead atoms. The smallest absolute Gasteiger partial charge is 0.0900 e. The van der Waals surface area contributed by atoms with Crippen LogP contribution in [0.15, 0.2) is 0 Å². The van der Waals surface area contributed by atoms with Crippen LogP contribution in [0.5, 0.6) is 0 Å². The summed E-state index contributed by atoms with van der Waals surface area (Å²) in [6, 6.07) is 1.52. The van der Waals surface area contributed by atoms with E-state index in [0.717, 1.165) is 12.6 Å². The highest BCUT2D eigenvalue weighted by atomic mass is 32.1. The van der Waals surface area contributed by atoms with Gasteiger partial charge >= 0.3 is 0 Å². The van der Waals surface area contributed by atoms with E-state index in [-0.39, 0.29) is 0 Å². The van der Waals surface area contributed by atoms with Crippen LogP contribution >= 0.6 is 11.3 Å². The highest BCUT2D eigenvalue weighted by Gasteiger charge is 2.36. The van der Waals surface area contributed by atoms with Gasteiger partial charge in [0.05, 0.1) is 10.7 Å². The molecule has 3 rings (SSSR count). The van der Waals surface area contributed by atoms with Crippen LogP contribution in [0.25, 0.3) is 0 Å². The van der Waals surface area contributed by atoms with Crippen LogP contribution in [0.4, 0.5) is 0 Å². The van der Waals surface area contributed by atoms with Crippen molar-refractivity contribution in [1.29, 1.82) is 0 Å². The Morgan fingerprint density at radius 1 is 1.35 bits per heavy atom. The molecule has 0 aliphatic carbocycles. The van der Waals surface area contributed by atoms with Crippen LogP contribution in [0, 0.1) is 13.8 Å². The zero-order valence-electron chi connectivity index (χ0n) is 10.7. The minimum absolute atomic E-state index is 0.708. The number of rotatable bonds is 3. The van der Waals surface area contributed by atoms with Gasteiger partial charge in [0, 0.05) is 30.1 Å². The summed E-state index contributed by atoms with van der Waals surface area (Å²) in [7, 11) is 0. The average molecular weight is 251 g/mol. The SMILES string of the molecule is Cc1nc(C)c(CNC2CCN3CCCC23)s1. The fourth-order valence-corrected chi connectivity index (χ4v) is 4.17. The second-order valence-electron chi connectivity index (χ2n) is 5.26. The van der Waals surface area contributed by atoms with E-state index in [2.05, 4.69) is 29.0 Å². The Labute approximate surface area is 107 Å². The van der Waals surface area contributed by atoms with Crippen molar-refractivity contribution < 1.29 is 0 Å². The van der Waals surface area contributed by atoms with Crippen LogP contribution in [0.3, 0.4) is 0 Å². The van der Waals surface area contributed by atoms with Gasteiger partial charge in [0.15, 0.2) is 0 Å². The van der Waals surface area contributed by atoms with Gasteiger partial charge in [-0.1, -0.05) is 0 Å². The van der Waals surface area contributed by atoms with Crippen LogP contribution in [0.1, 0.15) is 34.8 Å². The fraction of sp³-hybridized carbons (Fsp3) is 0.769. The molecule has 2 atom stereocenters. The van der Waals surface area contributed by atoms with E-state index >= 15 is 0 Å². The van der Waals surface area contributed by atoms with Gasteiger partial charge in [-0.05, 0) is 39.7 Å². The number of hydrogen-bond acceptors (Lipinski definition) is 4. The summed E-state index contributed by atoms with van der Waals surface area (Å²) in [5.41, 5.74) is 1.21. The summed E-state index contributed by atoms with van der Waals surface area (Å²) in [5, 5.41) is 4.94. The maximum Gasteiger partial charge on any atom is 0.0900 e. The van der Waals surface area contributed by atoms with E-state index in [1.807, 2.05) is 11.3 Å². The first-order valence-electron chi connectivity index (χ1n) is 6.64. The molecular weight excluding hydrogens is 230 g/mol. The predicted octanol–water partition coefficient (Wildman–Crippen LogP) is 2.09. The maximum atomic E-state index is 4.49. The third-order valence-corrected chi connectivity index (χ3v) is 5.20. The summed E-state index contributed by atoms with van der Waals surface area (Å²) in [5.74, 6) is 0. The molecule has 2 saturated heterocycles. The molecule has 1 aromatic heterocycles. The first kappa shape index (κ1) is 11.6. The van der Waals surface area contributed by atoms with Crippen molar-refractivity contribution in [1.82, 2.24) is 15.2 Å². The second-order valence-corrected chi connectivity index (χ2v) is 6.55. The molecule has 2 unspecified atom stereocenters. The van der Waals surface area contributed by atoms with E-state index in [0.29, 0.717) is 6.04 Å². The van der Waals surface area contributed by atoms with Crippen molar-refractivity contribution in [3.05, 3.63) is 15.6 Å². The Morgan fingerprint density at radius 2 is 2.24 bits per heavy atom. The van der Waals surface area contributed by atoms with Crippen molar-refractivity contribution in [3.8, 4) is 0 Å². The molecule has 2 aliphatic heterocycles. The number of thiazole rings is 1. The van der Waals surface area contributed by atoms with Gasteiger partial charge in [0.1, 0.15) is 0 Å². The lowest BCUT2D eigenvalue weighted by Gasteiger charge is -2.21. The number of fused-ring (bicyclic) bond motifs is 1. The van der Waals surface area contributed by atoms with Gasteiger partial charge in [0.25, 0.3) is 0 Å². The van der Waals surface area contributed by atoms with Gasteiger partial charge in [-0.15, -0.1) is 11.3 Å². The van der Waals surface area contributed by atoms with Crippen molar-refractivity contribution in [2.24, 2.45) is 0 Å². The van der Waals surface area contributed by atoms with Gasteiger partial charge < -0.3 is 5.32 Å². The first-order valence-corrected chi connectivity index (χ1v) is 7.46. The zero-order chi connectivity index (χ0) is 11.8. The minimum atomic E-state index is 0.708. The highest BCUT2D eigenvalue weighted by Crippen LogP contribution is 2.28. The lowest BCUT2D eigenvalue weighted by molar-refractivity contribution is 0.298. The summed E-state index contributed by atoms with van der Waals surface area (Å²) < 4.78 is 0. The molecule has 4 heteroatoms. The van der Waals surface area contributed by atoms with Crippen molar-refractivity contribution in [3.63, 3.8) is 0 Å². The standard InChI is InChI=1S/C13H21N3S/c1-9-13(17-10(2)15-9)8-14-11-5-7-16-6-3-4-12(11)16/h11-12,14H,3-8H2,1-2H3. The molecule has 2 fully saturated rings.